The second-order valence-corrected chi connectivity index (χ2v) is 5.09. The molecule has 2 heteroatoms. The highest BCUT2D eigenvalue weighted by Gasteiger charge is 2.31. The molecule has 1 heterocycles. The van der Waals surface area contributed by atoms with Gasteiger partial charge in [-0.25, -0.2) is 0 Å². The van der Waals surface area contributed by atoms with Gasteiger partial charge in [0.2, 0.25) is 0 Å². The molecule has 2 rings (SSSR count). The van der Waals surface area contributed by atoms with E-state index in [-0.39, 0.29) is 0 Å². The molecule has 0 aromatic rings. The SMILES string of the molecule is CC1CCCN(C2C=CCCC2)C1CN. The number of nitrogens with two attached hydrogens (primary N) is 1. The van der Waals surface area contributed by atoms with E-state index in [0.717, 1.165) is 12.5 Å². The Labute approximate surface area is 93.5 Å². The monoisotopic (exact) mass is 208 g/mol. The van der Waals surface area contributed by atoms with Crippen LogP contribution in [0.3, 0.4) is 0 Å². The molecule has 3 atom stereocenters. The molecule has 0 aromatic heterocycles. The zero-order valence-electron chi connectivity index (χ0n) is 9.86. The second kappa shape index (κ2) is 5.13. The third-order valence-electron chi connectivity index (χ3n) is 4.06. The largest absolute Gasteiger partial charge is 0.329 e. The van der Waals surface area contributed by atoms with Gasteiger partial charge in [0.25, 0.3) is 0 Å². The minimum Gasteiger partial charge on any atom is -0.329 e. The Bertz CT molecular complexity index is 225. The summed E-state index contributed by atoms with van der Waals surface area (Å²) in [7, 11) is 0. The Morgan fingerprint density at radius 2 is 2.20 bits per heavy atom. The summed E-state index contributed by atoms with van der Waals surface area (Å²) >= 11 is 0. The molecule has 0 saturated carbocycles. The molecular weight excluding hydrogens is 184 g/mol. The minimum atomic E-state index is 0.617. The number of hydrogen-bond acceptors (Lipinski definition) is 2. The van der Waals surface area contributed by atoms with Crippen molar-refractivity contribution in [3.05, 3.63) is 12.2 Å². The smallest absolute Gasteiger partial charge is 0.0281 e. The number of hydrogen-bond donors (Lipinski definition) is 1. The molecule has 1 aliphatic heterocycles. The molecule has 0 spiro atoms. The number of piperidine rings is 1. The van der Waals surface area contributed by atoms with Crippen molar-refractivity contribution in [1.29, 1.82) is 0 Å². The van der Waals surface area contributed by atoms with Crippen molar-refractivity contribution in [3.8, 4) is 0 Å². The number of nitrogens with zero attached hydrogens (tertiary/aromatic N) is 1. The molecule has 1 aliphatic carbocycles. The van der Waals surface area contributed by atoms with Crippen LogP contribution in [-0.4, -0.2) is 30.1 Å². The van der Waals surface area contributed by atoms with Gasteiger partial charge in [0, 0.05) is 18.6 Å². The zero-order valence-corrected chi connectivity index (χ0v) is 9.86. The third kappa shape index (κ3) is 2.43. The molecular formula is C13H24N2. The Morgan fingerprint density at radius 3 is 2.87 bits per heavy atom. The van der Waals surface area contributed by atoms with Gasteiger partial charge < -0.3 is 5.73 Å². The Balaban J connectivity index is 2.04. The maximum Gasteiger partial charge on any atom is 0.0281 e. The molecule has 2 aliphatic rings. The summed E-state index contributed by atoms with van der Waals surface area (Å²) in [5.41, 5.74) is 5.92. The van der Waals surface area contributed by atoms with Gasteiger partial charge in [-0.1, -0.05) is 19.1 Å². The van der Waals surface area contributed by atoms with Crippen LogP contribution in [0.4, 0.5) is 0 Å². The average Bonchev–Trinajstić information content (AvgIpc) is 2.30. The van der Waals surface area contributed by atoms with Gasteiger partial charge in [-0.15, -0.1) is 0 Å². The standard InChI is InChI=1S/C13H24N2/c1-11-6-5-9-15(13(11)10-14)12-7-3-2-4-8-12/h3,7,11-13H,2,4-6,8-10,14H2,1H3. The Hall–Kier alpha value is -0.340. The fourth-order valence-corrected chi connectivity index (χ4v) is 3.13. The first-order valence-corrected chi connectivity index (χ1v) is 6.45. The average molecular weight is 208 g/mol. The highest BCUT2D eigenvalue weighted by atomic mass is 15.2. The summed E-state index contributed by atoms with van der Waals surface area (Å²) in [6.45, 7) is 4.43. The lowest BCUT2D eigenvalue weighted by atomic mass is 9.88. The third-order valence-corrected chi connectivity index (χ3v) is 4.06. The van der Waals surface area contributed by atoms with Crippen molar-refractivity contribution in [2.45, 2.75) is 51.1 Å². The van der Waals surface area contributed by atoms with Crippen LogP contribution in [0.1, 0.15) is 39.0 Å². The molecule has 0 amide bonds. The topological polar surface area (TPSA) is 29.3 Å². The first-order chi connectivity index (χ1) is 7.33. The number of allylic oxidation sites excluding steroid dienone is 1. The van der Waals surface area contributed by atoms with Crippen molar-refractivity contribution in [3.63, 3.8) is 0 Å². The van der Waals surface area contributed by atoms with Crippen molar-refractivity contribution in [1.82, 2.24) is 4.90 Å². The molecule has 2 nitrogen and oxygen atoms in total. The van der Waals surface area contributed by atoms with Crippen LogP contribution in [-0.2, 0) is 0 Å². The van der Waals surface area contributed by atoms with Gasteiger partial charge in [0.15, 0.2) is 0 Å². The van der Waals surface area contributed by atoms with Crippen molar-refractivity contribution in [2.24, 2.45) is 11.7 Å². The van der Waals surface area contributed by atoms with E-state index < -0.39 is 0 Å². The van der Waals surface area contributed by atoms with Crippen LogP contribution in [0.2, 0.25) is 0 Å². The maximum absolute atomic E-state index is 5.92. The van der Waals surface area contributed by atoms with Crippen LogP contribution in [0.15, 0.2) is 12.2 Å². The van der Waals surface area contributed by atoms with Crippen LogP contribution < -0.4 is 5.73 Å². The lowest BCUT2D eigenvalue weighted by Crippen LogP contribution is -2.52. The van der Waals surface area contributed by atoms with Crippen LogP contribution in [0, 0.1) is 5.92 Å². The summed E-state index contributed by atoms with van der Waals surface area (Å²) < 4.78 is 0. The molecule has 15 heavy (non-hydrogen) atoms. The van der Waals surface area contributed by atoms with E-state index in [0.29, 0.717) is 12.1 Å². The van der Waals surface area contributed by atoms with Gasteiger partial charge in [0.1, 0.15) is 0 Å². The summed E-state index contributed by atoms with van der Waals surface area (Å²) in [6, 6.07) is 1.29. The fraction of sp³-hybridized carbons (Fsp3) is 0.846. The first-order valence-electron chi connectivity index (χ1n) is 6.45. The zero-order chi connectivity index (χ0) is 10.7. The summed E-state index contributed by atoms with van der Waals surface area (Å²) in [6.07, 6.45) is 11.4. The van der Waals surface area contributed by atoms with Crippen LogP contribution >= 0.6 is 0 Å². The van der Waals surface area contributed by atoms with E-state index in [1.165, 1.54) is 38.6 Å². The first kappa shape index (κ1) is 11.2. The molecule has 3 unspecified atom stereocenters. The minimum absolute atomic E-state index is 0.617. The Morgan fingerprint density at radius 1 is 1.33 bits per heavy atom. The predicted molar refractivity (Wildman–Crippen MR) is 64.7 cm³/mol. The fourth-order valence-electron chi connectivity index (χ4n) is 3.13. The highest BCUT2D eigenvalue weighted by Crippen LogP contribution is 2.28. The van der Waals surface area contributed by atoms with E-state index in [1.54, 1.807) is 0 Å². The summed E-state index contributed by atoms with van der Waals surface area (Å²) in [5.74, 6) is 0.777. The van der Waals surface area contributed by atoms with Gasteiger partial charge in [-0.05, 0) is 44.6 Å². The molecule has 0 aromatic carbocycles. The van der Waals surface area contributed by atoms with E-state index in [1.807, 2.05) is 0 Å². The maximum atomic E-state index is 5.92. The number of likely N-dealkylation sites (tertiary alicyclic amines) is 1. The highest BCUT2D eigenvalue weighted by molar-refractivity contribution is 5.01. The van der Waals surface area contributed by atoms with Crippen LogP contribution in [0.25, 0.3) is 0 Å². The molecule has 0 bridgehead atoms. The van der Waals surface area contributed by atoms with Gasteiger partial charge in [-0.2, -0.15) is 0 Å². The van der Waals surface area contributed by atoms with E-state index in [4.69, 9.17) is 5.73 Å². The summed E-state index contributed by atoms with van der Waals surface area (Å²) in [4.78, 5) is 2.66. The molecule has 2 N–H and O–H groups in total. The molecule has 1 fully saturated rings. The van der Waals surface area contributed by atoms with Gasteiger partial charge in [0.05, 0.1) is 0 Å². The molecule has 0 radical (unpaired) electrons. The van der Waals surface area contributed by atoms with E-state index in [9.17, 15) is 0 Å². The Kier molecular flexibility index (Phi) is 3.81. The lowest BCUT2D eigenvalue weighted by molar-refractivity contribution is 0.0745. The second-order valence-electron chi connectivity index (χ2n) is 5.09. The van der Waals surface area contributed by atoms with Crippen molar-refractivity contribution in [2.75, 3.05) is 13.1 Å². The van der Waals surface area contributed by atoms with Crippen LogP contribution in [0.5, 0.6) is 0 Å². The van der Waals surface area contributed by atoms with Gasteiger partial charge >= 0.3 is 0 Å². The van der Waals surface area contributed by atoms with Gasteiger partial charge in [-0.3, -0.25) is 4.90 Å². The lowest BCUT2D eigenvalue weighted by Gasteiger charge is -2.44. The van der Waals surface area contributed by atoms with Crippen molar-refractivity contribution < 1.29 is 0 Å². The summed E-state index contributed by atoms with van der Waals surface area (Å²) in [5, 5.41) is 0. The number of rotatable bonds is 2. The normalized spacial score (nSPS) is 38.1. The van der Waals surface area contributed by atoms with Crippen molar-refractivity contribution >= 4 is 0 Å². The predicted octanol–water partition coefficient (Wildman–Crippen LogP) is 2.15. The quantitative estimate of drug-likeness (QED) is 0.705. The molecule has 86 valence electrons. The van der Waals surface area contributed by atoms with E-state index >= 15 is 0 Å². The van der Waals surface area contributed by atoms with E-state index in [2.05, 4.69) is 24.0 Å². The molecule has 1 saturated heterocycles.